The summed E-state index contributed by atoms with van der Waals surface area (Å²) in [5.41, 5.74) is 2.31. The van der Waals surface area contributed by atoms with E-state index in [1.165, 1.54) is 10.9 Å². The number of fused-ring (bicyclic) bond motifs is 1. The summed E-state index contributed by atoms with van der Waals surface area (Å²) in [7, 11) is 2.03. The molecule has 0 saturated heterocycles. The Hall–Kier alpha value is -1.97. The lowest BCUT2D eigenvalue weighted by Crippen LogP contribution is -2.02. The van der Waals surface area contributed by atoms with Crippen molar-refractivity contribution in [1.82, 2.24) is 4.57 Å². The van der Waals surface area contributed by atoms with Crippen LogP contribution in [0.1, 0.15) is 19.3 Å². The third-order valence-electron chi connectivity index (χ3n) is 3.03. The number of aryl methyl sites for hydroxylation is 1. The predicted molar refractivity (Wildman–Crippen MR) is 72.9 cm³/mol. The molecule has 18 heavy (non-hydrogen) atoms. The largest absolute Gasteiger partial charge is 0.481 e. The molecule has 0 unspecified atom stereocenters. The summed E-state index contributed by atoms with van der Waals surface area (Å²) in [6.45, 7) is 0.807. The SMILES string of the molecule is Cn1cc(NCCCCC(=O)O)c2ccccc21. The number of carbonyl (C=O) groups is 1. The van der Waals surface area contributed by atoms with Crippen LogP contribution in [-0.2, 0) is 11.8 Å². The van der Waals surface area contributed by atoms with E-state index in [0.717, 1.165) is 18.7 Å². The van der Waals surface area contributed by atoms with Gasteiger partial charge in [0.25, 0.3) is 0 Å². The number of hydrogen-bond acceptors (Lipinski definition) is 2. The van der Waals surface area contributed by atoms with Crippen LogP contribution >= 0.6 is 0 Å². The molecular weight excluding hydrogens is 228 g/mol. The smallest absolute Gasteiger partial charge is 0.303 e. The molecule has 4 heteroatoms. The molecule has 2 aromatic rings. The van der Waals surface area contributed by atoms with Gasteiger partial charge in [-0.2, -0.15) is 0 Å². The number of aliphatic carboxylic acids is 1. The van der Waals surface area contributed by atoms with E-state index in [1.54, 1.807) is 0 Å². The summed E-state index contributed by atoms with van der Waals surface area (Å²) in [6.07, 6.45) is 3.90. The van der Waals surface area contributed by atoms with Crippen molar-refractivity contribution < 1.29 is 9.90 Å². The summed E-state index contributed by atoms with van der Waals surface area (Å²) in [6, 6.07) is 8.23. The fourth-order valence-corrected chi connectivity index (χ4v) is 2.11. The van der Waals surface area contributed by atoms with Gasteiger partial charge >= 0.3 is 5.97 Å². The van der Waals surface area contributed by atoms with Gasteiger partial charge in [0.2, 0.25) is 0 Å². The Morgan fingerprint density at radius 3 is 2.89 bits per heavy atom. The van der Waals surface area contributed by atoms with Crippen LogP contribution in [0.15, 0.2) is 30.5 Å². The maximum atomic E-state index is 10.4. The summed E-state index contributed by atoms with van der Waals surface area (Å²) in [4.78, 5) is 10.4. The number of carboxylic acid groups (broad SMARTS) is 1. The summed E-state index contributed by atoms with van der Waals surface area (Å²) in [5, 5.41) is 13.1. The van der Waals surface area contributed by atoms with Gasteiger partial charge in [-0.05, 0) is 18.9 Å². The second kappa shape index (κ2) is 5.58. The molecule has 4 nitrogen and oxygen atoms in total. The summed E-state index contributed by atoms with van der Waals surface area (Å²) >= 11 is 0. The molecular formula is C14H18N2O2. The van der Waals surface area contributed by atoms with E-state index >= 15 is 0 Å². The lowest BCUT2D eigenvalue weighted by atomic mass is 10.2. The van der Waals surface area contributed by atoms with E-state index in [4.69, 9.17) is 5.11 Å². The summed E-state index contributed by atoms with van der Waals surface area (Å²) < 4.78 is 2.09. The Kier molecular flexibility index (Phi) is 3.87. The maximum absolute atomic E-state index is 10.4. The van der Waals surface area contributed by atoms with Crippen molar-refractivity contribution in [2.45, 2.75) is 19.3 Å². The van der Waals surface area contributed by atoms with Crippen molar-refractivity contribution in [2.75, 3.05) is 11.9 Å². The van der Waals surface area contributed by atoms with Gasteiger partial charge < -0.3 is 15.0 Å². The molecule has 0 radical (unpaired) electrons. The third kappa shape index (κ3) is 2.83. The molecule has 0 spiro atoms. The van der Waals surface area contributed by atoms with Gasteiger partial charge in [0, 0.05) is 37.1 Å². The monoisotopic (exact) mass is 246 g/mol. The van der Waals surface area contributed by atoms with E-state index in [0.29, 0.717) is 6.42 Å². The van der Waals surface area contributed by atoms with E-state index in [9.17, 15) is 4.79 Å². The highest BCUT2D eigenvalue weighted by Crippen LogP contribution is 2.24. The van der Waals surface area contributed by atoms with Crippen molar-refractivity contribution in [3.05, 3.63) is 30.5 Å². The molecule has 0 atom stereocenters. The van der Waals surface area contributed by atoms with E-state index in [1.807, 2.05) is 19.2 Å². The molecule has 0 amide bonds. The number of nitrogens with zero attached hydrogens (tertiary/aromatic N) is 1. The van der Waals surface area contributed by atoms with Crippen LogP contribution in [0.4, 0.5) is 5.69 Å². The number of benzene rings is 1. The number of rotatable bonds is 6. The normalized spacial score (nSPS) is 10.7. The minimum atomic E-state index is -0.722. The van der Waals surface area contributed by atoms with Crippen LogP contribution in [0.2, 0.25) is 0 Å². The van der Waals surface area contributed by atoms with E-state index in [2.05, 4.69) is 28.2 Å². The lowest BCUT2D eigenvalue weighted by molar-refractivity contribution is -0.137. The Bertz CT molecular complexity index is 546. The van der Waals surface area contributed by atoms with Crippen molar-refractivity contribution in [2.24, 2.45) is 7.05 Å². The molecule has 2 rings (SSSR count). The molecule has 2 N–H and O–H groups in total. The number of carboxylic acids is 1. The number of aromatic nitrogens is 1. The molecule has 0 aliphatic carbocycles. The molecule has 1 heterocycles. The van der Waals surface area contributed by atoms with Crippen LogP contribution in [0, 0.1) is 0 Å². The Labute approximate surface area is 106 Å². The summed E-state index contributed by atoms with van der Waals surface area (Å²) in [5.74, 6) is -0.722. The first-order chi connectivity index (χ1) is 8.68. The number of para-hydroxylation sites is 1. The second-order valence-electron chi connectivity index (χ2n) is 4.45. The number of nitrogens with one attached hydrogen (secondary N) is 1. The highest BCUT2D eigenvalue weighted by atomic mass is 16.4. The predicted octanol–water partition coefficient (Wildman–Crippen LogP) is 2.85. The van der Waals surface area contributed by atoms with Gasteiger partial charge in [-0.25, -0.2) is 0 Å². The Morgan fingerprint density at radius 1 is 1.33 bits per heavy atom. The fourth-order valence-electron chi connectivity index (χ4n) is 2.11. The van der Waals surface area contributed by atoms with Crippen LogP contribution in [0.3, 0.4) is 0 Å². The molecule has 0 aliphatic heterocycles. The average molecular weight is 246 g/mol. The highest BCUT2D eigenvalue weighted by molar-refractivity contribution is 5.92. The quantitative estimate of drug-likeness (QED) is 0.771. The zero-order valence-electron chi connectivity index (χ0n) is 10.5. The zero-order chi connectivity index (χ0) is 13.0. The van der Waals surface area contributed by atoms with Crippen LogP contribution < -0.4 is 5.32 Å². The Balaban J connectivity index is 1.94. The van der Waals surface area contributed by atoms with Crippen molar-refractivity contribution in [3.63, 3.8) is 0 Å². The second-order valence-corrected chi connectivity index (χ2v) is 4.45. The van der Waals surface area contributed by atoms with Gasteiger partial charge in [0.05, 0.1) is 5.69 Å². The van der Waals surface area contributed by atoms with Gasteiger partial charge in [-0.1, -0.05) is 18.2 Å². The van der Waals surface area contributed by atoms with E-state index in [-0.39, 0.29) is 6.42 Å². The fraction of sp³-hybridized carbons (Fsp3) is 0.357. The number of anilines is 1. The first kappa shape index (κ1) is 12.5. The standard InChI is InChI=1S/C14H18N2O2/c1-16-10-12(11-6-2-3-7-13(11)16)15-9-5-4-8-14(17)18/h2-3,6-7,10,15H,4-5,8-9H2,1H3,(H,17,18). The first-order valence-corrected chi connectivity index (χ1v) is 6.18. The maximum Gasteiger partial charge on any atom is 0.303 e. The molecule has 1 aromatic carbocycles. The first-order valence-electron chi connectivity index (χ1n) is 6.18. The van der Waals surface area contributed by atoms with Crippen molar-refractivity contribution in [3.8, 4) is 0 Å². The molecule has 1 aromatic heterocycles. The minimum absolute atomic E-state index is 0.247. The van der Waals surface area contributed by atoms with Gasteiger partial charge in [0.1, 0.15) is 0 Å². The van der Waals surface area contributed by atoms with Crippen LogP contribution in [0.5, 0.6) is 0 Å². The van der Waals surface area contributed by atoms with Gasteiger partial charge in [-0.3, -0.25) is 4.79 Å². The van der Waals surface area contributed by atoms with Crippen LogP contribution in [0.25, 0.3) is 10.9 Å². The Morgan fingerprint density at radius 2 is 2.11 bits per heavy atom. The molecule has 0 saturated carbocycles. The number of hydrogen-bond donors (Lipinski definition) is 2. The lowest BCUT2D eigenvalue weighted by Gasteiger charge is -2.03. The molecule has 0 fully saturated rings. The molecule has 0 aliphatic rings. The topological polar surface area (TPSA) is 54.3 Å². The molecule has 0 bridgehead atoms. The third-order valence-corrected chi connectivity index (χ3v) is 3.03. The van der Waals surface area contributed by atoms with Crippen molar-refractivity contribution in [1.29, 1.82) is 0 Å². The van der Waals surface area contributed by atoms with Crippen LogP contribution in [-0.4, -0.2) is 22.2 Å². The van der Waals surface area contributed by atoms with Crippen molar-refractivity contribution >= 4 is 22.6 Å². The number of unbranched alkanes of at least 4 members (excludes halogenated alkanes) is 1. The highest BCUT2D eigenvalue weighted by Gasteiger charge is 2.04. The zero-order valence-corrected chi connectivity index (χ0v) is 10.5. The minimum Gasteiger partial charge on any atom is -0.481 e. The average Bonchev–Trinajstić information content (AvgIpc) is 2.66. The van der Waals surface area contributed by atoms with Gasteiger partial charge in [0.15, 0.2) is 0 Å². The van der Waals surface area contributed by atoms with E-state index < -0.39 is 5.97 Å². The molecule has 96 valence electrons. The van der Waals surface area contributed by atoms with Gasteiger partial charge in [-0.15, -0.1) is 0 Å².